The van der Waals surface area contributed by atoms with E-state index in [1.807, 2.05) is 12.1 Å². The summed E-state index contributed by atoms with van der Waals surface area (Å²) in [6, 6.07) is 6.80. The van der Waals surface area contributed by atoms with E-state index in [9.17, 15) is 10.1 Å². The van der Waals surface area contributed by atoms with Crippen LogP contribution in [0.2, 0.25) is 0 Å². The first-order valence-electron chi connectivity index (χ1n) is 6.20. The van der Waals surface area contributed by atoms with Crippen molar-refractivity contribution in [3.8, 4) is 0 Å². The standard InChI is InChI=1S/C13H14ClNO2S/c14-12-8-1-2-9(7-8)13(12)18-11-5-3-10(4-6-11)15(16)17/h3-6,8-9,12-13H,1-2,7H2/t8-,9+,12-,13-/m1/s1. The molecular weight excluding hydrogens is 270 g/mol. The summed E-state index contributed by atoms with van der Waals surface area (Å²) < 4.78 is 0. The van der Waals surface area contributed by atoms with E-state index in [-0.39, 0.29) is 16.0 Å². The smallest absolute Gasteiger partial charge is 0.258 e. The quantitative estimate of drug-likeness (QED) is 0.477. The number of alkyl halides is 1. The van der Waals surface area contributed by atoms with E-state index >= 15 is 0 Å². The Labute approximate surface area is 115 Å². The van der Waals surface area contributed by atoms with Gasteiger partial charge in [0.1, 0.15) is 0 Å². The van der Waals surface area contributed by atoms with Gasteiger partial charge in [0.05, 0.1) is 4.92 Å². The van der Waals surface area contributed by atoms with E-state index in [1.54, 1.807) is 23.9 Å². The summed E-state index contributed by atoms with van der Waals surface area (Å²) in [5.74, 6) is 1.42. The van der Waals surface area contributed by atoms with Crippen LogP contribution in [0.4, 0.5) is 5.69 Å². The van der Waals surface area contributed by atoms with Gasteiger partial charge in [-0.1, -0.05) is 0 Å². The molecule has 1 aromatic rings. The van der Waals surface area contributed by atoms with Gasteiger partial charge in [-0.25, -0.2) is 0 Å². The second-order valence-electron chi connectivity index (χ2n) is 5.11. The zero-order valence-electron chi connectivity index (χ0n) is 9.79. The average Bonchev–Trinajstić information content (AvgIpc) is 2.94. The third kappa shape index (κ3) is 2.12. The lowest BCUT2D eigenvalue weighted by molar-refractivity contribution is -0.384. The minimum absolute atomic E-state index is 0.148. The van der Waals surface area contributed by atoms with Gasteiger partial charge in [-0.2, -0.15) is 0 Å². The third-order valence-electron chi connectivity index (χ3n) is 4.06. The molecule has 2 bridgehead atoms. The summed E-state index contributed by atoms with van der Waals surface area (Å²) in [6.07, 6.45) is 3.83. The number of fused-ring (bicyclic) bond motifs is 2. The van der Waals surface area contributed by atoms with Crippen molar-refractivity contribution in [2.45, 2.75) is 34.8 Å². The Morgan fingerprint density at radius 1 is 1.22 bits per heavy atom. The summed E-state index contributed by atoms with van der Waals surface area (Å²) >= 11 is 8.27. The van der Waals surface area contributed by atoms with Crippen molar-refractivity contribution in [2.75, 3.05) is 0 Å². The predicted octanol–water partition coefficient (Wildman–Crippen LogP) is 4.09. The lowest BCUT2D eigenvalue weighted by Crippen LogP contribution is -2.24. The first kappa shape index (κ1) is 12.3. The molecule has 0 heterocycles. The zero-order chi connectivity index (χ0) is 12.7. The molecule has 2 fully saturated rings. The van der Waals surface area contributed by atoms with Crippen LogP contribution in [0.15, 0.2) is 29.2 Å². The Bertz CT molecular complexity index is 463. The van der Waals surface area contributed by atoms with Gasteiger partial charge in [-0.05, 0) is 43.2 Å². The summed E-state index contributed by atoms with van der Waals surface area (Å²) in [4.78, 5) is 11.3. The van der Waals surface area contributed by atoms with Gasteiger partial charge in [-0.3, -0.25) is 10.1 Å². The van der Waals surface area contributed by atoms with Crippen molar-refractivity contribution >= 4 is 29.1 Å². The normalized spacial score (nSPS) is 33.8. The number of non-ortho nitro benzene ring substituents is 1. The molecule has 0 radical (unpaired) electrons. The minimum Gasteiger partial charge on any atom is -0.258 e. The fraction of sp³-hybridized carbons (Fsp3) is 0.538. The summed E-state index contributed by atoms with van der Waals surface area (Å²) in [5.41, 5.74) is 0.148. The summed E-state index contributed by atoms with van der Waals surface area (Å²) in [7, 11) is 0. The third-order valence-corrected chi connectivity index (χ3v) is 6.33. The lowest BCUT2D eigenvalue weighted by Gasteiger charge is -2.25. The number of thioether (sulfide) groups is 1. The number of rotatable bonds is 3. The minimum atomic E-state index is -0.365. The topological polar surface area (TPSA) is 43.1 Å². The Morgan fingerprint density at radius 3 is 2.44 bits per heavy atom. The molecule has 0 saturated heterocycles. The van der Waals surface area contributed by atoms with Crippen LogP contribution in [0.25, 0.3) is 0 Å². The van der Waals surface area contributed by atoms with E-state index in [2.05, 4.69) is 0 Å². The van der Waals surface area contributed by atoms with E-state index in [1.165, 1.54) is 19.3 Å². The van der Waals surface area contributed by atoms with Crippen LogP contribution in [-0.4, -0.2) is 15.6 Å². The zero-order valence-corrected chi connectivity index (χ0v) is 11.4. The second-order valence-corrected chi connectivity index (χ2v) is 6.87. The molecule has 5 heteroatoms. The van der Waals surface area contributed by atoms with Gasteiger partial charge in [0.25, 0.3) is 5.69 Å². The molecule has 0 spiro atoms. The SMILES string of the molecule is O=[N+]([O-])c1ccc(S[C@@H]2[C@H]3CC[C@H](C3)[C@H]2Cl)cc1. The fourth-order valence-corrected chi connectivity index (χ4v) is 5.12. The van der Waals surface area contributed by atoms with Gasteiger partial charge < -0.3 is 0 Å². The molecule has 2 saturated carbocycles. The van der Waals surface area contributed by atoms with Gasteiger partial charge in [-0.15, -0.1) is 23.4 Å². The molecule has 0 amide bonds. The first-order valence-corrected chi connectivity index (χ1v) is 7.52. The van der Waals surface area contributed by atoms with Crippen LogP contribution >= 0.6 is 23.4 Å². The van der Waals surface area contributed by atoms with Crippen LogP contribution in [0.1, 0.15) is 19.3 Å². The number of benzene rings is 1. The number of hydrogen-bond acceptors (Lipinski definition) is 3. The molecule has 0 unspecified atom stereocenters. The van der Waals surface area contributed by atoms with Crippen molar-refractivity contribution in [3.05, 3.63) is 34.4 Å². The van der Waals surface area contributed by atoms with E-state index in [0.717, 1.165) is 10.8 Å². The van der Waals surface area contributed by atoms with E-state index < -0.39 is 0 Å². The number of nitrogens with zero attached hydrogens (tertiary/aromatic N) is 1. The van der Waals surface area contributed by atoms with Gasteiger partial charge >= 0.3 is 0 Å². The first-order chi connectivity index (χ1) is 8.65. The molecule has 0 aromatic heterocycles. The Kier molecular flexibility index (Phi) is 3.24. The average molecular weight is 284 g/mol. The molecule has 4 atom stereocenters. The molecule has 3 rings (SSSR count). The predicted molar refractivity (Wildman–Crippen MR) is 73.2 cm³/mol. The molecular formula is C13H14ClNO2S. The highest BCUT2D eigenvalue weighted by molar-refractivity contribution is 8.00. The van der Waals surface area contributed by atoms with E-state index in [0.29, 0.717) is 11.2 Å². The maximum absolute atomic E-state index is 10.6. The summed E-state index contributed by atoms with van der Waals surface area (Å²) in [5, 5.41) is 11.3. The van der Waals surface area contributed by atoms with Crippen molar-refractivity contribution in [3.63, 3.8) is 0 Å². The van der Waals surface area contributed by atoms with Crippen LogP contribution in [0.5, 0.6) is 0 Å². The van der Waals surface area contributed by atoms with Crippen LogP contribution in [-0.2, 0) is 0 Å². The summed E-state index contributed by atoms with van der Waals surface area (Å²) in [6.45, 7) is 0. The Balaban J connectivity index is 1.71. The molecule has 0 aliphatic heterocycles. The van der Waals surface area contributed by atoms with Crippen molar-refractivity contribution in [1.82, 2.24) is 0 Å². The van der Waals surface area contributed by atoms with E-state index in [4.69, 9.17) is 11.6 Å². The Hall–Kier alpha value is -0.740. The second kappa shape index (κ2) is 4.74. The van der Waals surface area contributed by atoms with Crippen molar-refractivity contribution in [2.24, 2.45) is 11.8 Å². The number of hydrogen-bond donors (Lipinski definition) is 0. The molecule has 2 aliphatic rings. The molecule has 2 aliphatic carbocycles. The monoisotopic (exact) mass is 283 g/mol. The van der Waals surface area contributed by atoms with Gasteiger partial charge in [0.2, 0.25) is 0 Å². The highest BCUT2D eigenvalue weighted by Gasteiger charge is 2.47. The largest absolute Gasteiger partial charge is 0.269 e. The van der Waals surface area contributed by atoms with Gasteiger partial charge in [0.15, 0.2) is 0 Å². The van der Waals surface area contributed by atoms with Crippen LogP contribution in [0, 0.1) is 22.0 Å². The Morgan fingerprint density at radius 2 is 1.89 bits per heavy atom. The number of nitro groups is 1. The van der Waals surface area contributed by atoms with Gasteiger partial charge in [0, 0.05) is 27.7 Å². The molecule has 0 N–H and O–H groups in total. The number of halogens is 1. The number of nitro benzene ring substituents is 1. The molecule has 1 aromatic carbocycles. The van der Waals surface area contributed by atoms with Crippen molar-refractivity contribution < 1.29 is 4.92 Å². The molecule has 3 nitrogen and oxygen atoms in total. The highest BCUT2D eigenvalue weighted by Crippen LogP contribution is 2.53. The van der Waals surface area contributed by atoms with Crippen LogP contribution < -0.4 is 0 Å². The molecule has 96 valence electrons. The molecule has 18 heavy (non-hydrogen) atoms. The maximum atomic E-state index is 10.6. The highest BCUT2D eigenvalue weighted by atomic mass is 35.5. The van der Waals surface area contributed by atoms with Crippen LogP contribution in [0.3, 0.4) is 0 Å². The fourth-order valence-electron chi connectivity index (χ4n) is 3.13. The van der Waals surface area contributed by atoms with Crippen molar-refractivity contribution in [1.29, 1.82) is 0 Å². The maximum Gasteiger partial charge on any atom is 0.269 e. The lowest BCUT2D eigenvalue weighted by atomic mass is 10.00.